The summed E-state index contributed by atoms with van der Waals surface area (Å²) in [5, 5.41) is 12.2. The number of methoxy groups -OCH3 is 1. The molecule has 0 aliphatic rings. The number of ether oxygens (including phenoxy) is 1. The summed E-state index contributed by atoms with van der Waals surface area (Å²) >= 11 is 1.70. The molecule has 2 aromatic heterocycles. The third-order valence-electron chi connectivity index (χ3n) is 4.12. The number of benzene rings is 1. The molecule has 0 unspecified atom stereocenters. The standard InChI is InChI=1S/C19H24N6OS.HI/c1-13-14(2)27-18(23-13)12-22-19(20-3)21-11-15-9-10-25(24-15)16-5-7-17(26-4)8-6-16;/h5-10H,11-12H2,1-4H3,(H2,20,21,22);1H. The molecule has 2 N–H and O–H groups in total. The Hall–Kier alpha value is -2.14. The van der Waals surface area contributed by atoms with Crippen LogP contribution in [0.4, 0.5) is 0 Å². The molecule has 0 bridgehead atoms. The zero-order valence-electron chi connectivity index (χ0n) is 16.4. The largest absolute Gasteiger partial charge is 0.497 e. The number of thiazole rings is 1. The second kappa shape index (κ2) is 10.4. The second-order valence-corrected chi connectivity index (χ2v) is 7.27. The van der Waals surface area contributed by atoms with Gasteiger partial charge >= 0.3 is 0 Å². The lowest BCUT2D eigenvalue weighted by Gasteiger charge is -2.09. The molecule has 28 heavy (non-hydrogen) atoms. The number of rotatable bonds is 6. The molecule has 0 aliphatic carbocycles. The van der Waals surface area contributed by atoms with Crippen molar-refractivity contribution in [3.05, 3.63) is 57.8 Å². The molecule has 2 heterocycles. The summed E-state index contributed by atoms with van der Waals surface area (Å²) in [5.41, 5.74) is 3.00. The van der Waals surface area contributed by atoms with Gasteiger partial charge in [0.05, 0.1) is 37.3 Å². The van der Waals surface area contributed by atoms with E-state index in [-0.39, 0.29) is 24.0 Å². The predicted molar refractivity (Wildman–Crippen MR) is 124 cm³/mol. The Morgan fingerprint density at radius 1 is 1.14 bits per heavy atom. The summed E-state index contributed by atoms with van der Waals surface area (Å²) in [7, 11) is 3.41. The first-order valence-electron chi connectivity index (χ1n) is 8.65. The summed E-state index contributed by atoms with van der Waals surface area (Å²) in [5.74, 6) is 1.55. The van der Waals surface area contributed by atoms with Crippen molar-refractivity contribution < 1.29 is 4.74 Å². The number of hydrogen-bond acceptors (Lipinski definition) is 5. The zero-order chi connectivity index (χ0) is 19.2. The van der Waals surface area contributed by atoms with Crippen molar-refractivity contribution >= 4 is 41.3 Å². The van der Waals surface area contributed by atoms with Gasteiger partial charge in [0.15, 0.2) is 5.96 Å². The van der Waals surface area contributed by atoms with Crippen molar-refractivity contribution in [1.82, 2.24) is 25.4 Å². The molecular weight excluding hydrogens is 487 g/mol. The van der Waals surface area contributed by atoms with Gasteiger partial charge < -0.3 is 15.4 Å². The van der Waals surface area contributed by atoms with Crippen LogP contribution in [0.1, 0.15) is 21.3 Å². The second-order valence-electron chi connectivity index (χ2n) is 5.98. The van der Waals surface area contributed by atoms with E-state index in [1.165, 1.54) is 4.88 Å². The Kier molecular flexibility index (Phi) is 8.24. The lowest BCUT2D eigenvalue weighted by Crippen LogP contribution is -2.36. The van der Waals surface area contributed by atoms with Crippen molar-refractivity contribution in [1.29, 1.82) is 0 Å². The van der Waals surface area contributed by atoms with Crippen LogP contribution in [0.15, 0.2) is 41.5 Å². The van der Waals surface area contributed by atoms with Gasteiger partial charge in [0.25, 0.3) is 0 Å². The summed E-state index contributed by atoms with van der Waals surface area (Å²) in [6.07, 6.45) is 1.94. The minimum absolute atomic E-state index is 0. The van der Waals surface area contributed by atoms with Crippen molar-refractivity contribution in [2.45, 2.75) is 26.9 Å². The summed E-state index contributed by atoms with van der Waals surface area (Å²) in [6.45, 7) is 5.35. The van der Waals surface area contributed by atoms with Gasteiger partial charge in [-0.15, -0.1) is 35.3 Å². The topological polar surface area (TPSA) is 76.4 Å². The van der Waals surface area contributed by atoms with Crippen LogP contribution in [-0.4, -0.2) is 34.9 Å². The lowest BCUT2D eigenvalue weighted by molar-refractivity contribution is 0.414. The Bertz CT molecular complexity index is 899. The Labute approximate surface area is 186 Å². The van der Waals surface area contributed by atoms with Gasteiger partial charge in [-0.3, -0.25) is 4.99 Å². The number of aromatic nitrogens is 3. The molecule has 9 heteroatoms. The first kappa shape index (κ1) is 22.2. The molecule has 0 saturated carbocycles. The van der Waals surface area contributed by atoms with E-state index in [2.05, 4.69) is 32.6 Å². The van der Waals surface area contributed by atoms with E-state index >= 15 is 0 Å². The third kappa shape index (κ3) is 5.68. The highest BCUT2D eigenvalue weighted by Gasteiger charge is 2.06. The highest BCUT2D eigenvalue weighted by molar-refractivity contribution is 14.0. The number of halogens is 1. The summed E-state index contributed by atoms with van der Waals surface area (Å²) in [4.78, 5) is 10.0. The van der Waals surface area contributed by atoms with E-state index in [9.17, 15) is 0 Å². The van der Waals surface area contributed by atoms with E-state index in [4.69, 9.17) is 4.74 Å². The Morgan fingerprint density at radius 2 is 1.86 bits per heavy atom. The third-order valence-corrected chi connectivity index (χ3v) is 5.19. The van der Waals surface area contributed by atoms with E-state index in [1.807, 2.05) is 48.1 Å². The van der Waals surface area contributed by atoms with Gasteiger partial charge in [-0.2, -0.15) is 5.10 Å². The molecule has 0 amide bonds. The highest BCUT2D eigenvalue weighted by atomic mass is 127. The lowest BCUT2D eigenvalue weighted by atomic mass is 10.3. The number of guanidine groups is 1. The smallest absolute Gasteiger partial charge is 0.191 e. The average molecular weight is 512 g/mol. The van der Waals surface area contributed by atoms with E-state index in [0.717, 1.165) is 33.8 Å². The molecule has 0 aliphatic heterocycles. The fraction of sp³-hybridized carbons (Fsp3) is 0.316. The van der Waals surface area contributed by atoms with Gasteiger partial charge in [-0.1, -0.05) is 0 Å². The summed E-state index contributed by atoms with van der Waals surface area (Å²) < 4.78 is 7.03. The summed E-state index contributed by atoms with van der Waals surface area (Å²) in [6, 6.07) is 9.77. The first-order chi connectivity index (χ1) is 13.1. The number of hydrogen-bond donors (Lipinski definition) is 2. The molecule has 0 spiro atoms. The monoisotopic (exact) mass is 512 g/mol. The fourth-order valence-electron chi connectivity index (χ4n) is 2.50. The molecule has 1 aromatic carbocycles. The van der Waals surface area contributed by atoms with Crippen molar-refractivity contribution in [2.75, 3.05) is 14.2 Å². The van der Waals surface area contributed by atoms with E-state index in [1.54, 1.807) is 25.5 Å². The molecule has 3 aromatic rings. The fourth-order valence-corrected chi connectivity index (χ4v) is 3.38. The van der Waals surface area contributed by atoms with Crippen LogP contribution in [0, 0.1) is 13.8 Å². The Balaban J connectivity index is 0.00000280. The van der Waals surface area contributed by atoms with Crippen molar-refractivity contribution in [3.63, 3.8) is 0 Å². The van der Waals surface area contributed by atoms with E-state index < -0.39 is 0 Å². The van der Waals surface area contributed by atoms with Crippen LogP contribution >= 0.6 is 35.3 Å². The van der Waals surface area contributed by atoms with Crippen LogP contribution in [-0.2, 0) is 13.1 Å². The highest BCUT2D eigenvalue weighted by Crippen LogP contribution is 2.16. The van der Waals surface area contributed by atoms with Gasteiger partial charge in [-0.25, -0.2) is 9.67 Å². The quantitative estimate of drug-likeness (QED) is 0.301. The van der Waals surface area contributed by atoms with Crippen molar-refractivity contribution in [3.8, 4) is 11.4 Å². The van der Waals surface area contributed by atoms with Gasteiger partial charge in [0, 0.05) is 18.1 Å². The minimum atomic E-state index is 0. The predicted octanol–water partition coefficient (Wildman–Crippen LogP) is 3.44. The van der Waals surface area contributed by atoms with Crippen LogP contribution in [0.5, 0.6) is 5.75 Å². The van der Waals surface area contributed by atoms with Crippen LogP contribution in [0.3, 0.4) is 0 Å². The SMILES string of the molecule is CN=C(NCc1ccn(-c2ccc(OC)cc2)n1)NCc1nc(C)c(C)s1.I. The number of nitrogens with one attached hydrogen (secondary N) is 2. The zero-order valence-corrected chi connectivity index (χ0v) is 19.5. The molecule has 0 atom stereocenters. The van der Waals surface area contributed by atoms with Gasteiger partial charge in [-0.05, 0) is 44.2 Å². The van der Waals surface area contributed by atoms with E-state index in [0.29, 0.717) is 13.1 Å². The molecule has 150 valence electrons. The maximum absolute atomic E-state index is 5.19. The van der Waals surface area contributed by atoms with Gasteiger partial charge in [0.1, 0.15) is 10.8 Å². The normalized spacial score (nSPS) is 11.1. The van der Waals surface area contributed by atoms with Gasteiger partial charge in [0.2, 0.25) is 0 Å². The molecule has 0 saturated heterocycles. The molecular formula is C19H25IN6OS. The molecule has 3 rings (SSSR count). The van der Waals surface area contributed by atoms with Crippen LogP contribution in [0.2, 0.25) is 0 Å². The maximum atomic E-state index is 5.19. The number of nitrogens with zero attached hydrogens (tertiary/aromatic N) is 4. The van der Waals surface area contributed by atoms with Crippen LogP contribution < -0.4 is 15.4 Å². The molecule has 0 fully saturated rings. The molecule has 0 radical (unpaired) electrons. The maximum Gasteiger partial charge on any atom is 0.191 e. The Morgan fingerprint density at radius 3 is 2.46 bits per heavy atom. The first-order valence-corrected chi connectivity index (χ1v) is 9.47. The number of aryl methyl sites for hydroxylation is 2. The minimum Gasteiger partial charge on any atom is -0.497 e. The number of aliphatic imine (C=N–C) groups is 1. The van der Waals surface area contributed by atoms with Crippen molar-refractivity contribution in [2.24, 2.45) is 4.99 Å². The average Bonchev–Trinajstić information content (AvgIpc) is 3.29. The van der Waals surface area contributed by atoms with Crippen LogP contribution in [0.25, 0.3) is 5.69 Å². The molecule has 7 nitrogen and oxygen atoms in total.